The first-order chi connectivity index (χ1) is 20.2. The minimum absolute atomic E-state index is 0.0300. The Balaban J connectivity index is 1.28. The first kappa shape index (κ1) is 30.2. The van der Waals surface area contributed by atoms with Gasteiger partial charge in [-0.3, -0.25) is 4.79 Å². The number of hydrogen-bond donors (Lipinski definition) is 3. The highest BCUT2D eigenvalue weighted by atomic mass is 32.2. The zero-order valence-corrected chi connectivity index (χ0v) is 26.0. The number of fused-ring (bicyclic) bond motifs is 2. The molecule has 0 fully saturated rings. The number of hydrogen-bond acceptors (Lipinski definition) is 6. The summed E-state index contributed by atoms with van der Waals surface area (Å²) >= 11 is 1.23. The van der Waals surface area contributed by atoms with Gasteiger partial charge in [-0.05, 0) is 60.5 Å². The van der Waals surface area contributed by atoms with Gasteiger partial charge in [0.15, 0.2) is 0 Å². The summed E-state index contributed by atoms with van der Waals surface area (Å²) in [5.41, 5.74) is 3.88. The van der Waals surface area contributed by atoms with Gasteiger partial charge in [0.2, 0.25) is 5.91 Å². The molecule has 9 heteroatoms. The maximum Gasteiger partial charge on any atom is 0.250 e. The van der Waals surface area contributed by atoms with E-state index in [-0.39, 0.29) is 22.6 Å². The number of carbonyl (C=O) groups excluding carboxylic acids is 1. The quantitative estimate of drug-likeness (QED) is 0.163. The van der Waals surface area contributed by atoms with Crippen molar-refractivity contribution in [3.8, 4) is 5.75 Å². The van der Waals surface area contributed by atoms with Gasteiger partial charge in [0.25, 0.3) is 10.0 Å². The van der Waals surface area contributed by atoms with Crippen molar-refractivity contribution in [2.75, 3.05) is 13.2 Å². The Morgan fingerprint density at radius 1 is 1.05 bits per heavy atom. The van der Waals surface area contributed by atoms with Crippen molar-refractivity contribution < 1.29 is 17.9 Å². The summed E-state index contributed by atoms with van der Waals surface area (Å²) in [7, 11) is -3.87. The van der Waals surface area contributed by atoms with Gasteiger partial charge in [-0.2, -0.15) is 0 Å². The van der Waals surface area contributed by atoms with Gasteiger partial charge >= 0.3 is 0 Å². The first-order valence-corrected chi connectivity index (χ1v) is 16.8. The summed E-state index contributed by atoms with van der Waals surface area (Å²) < 4.78 is 36.9. The molecule has 1 aromatic heterocycles. The van der Waals surface area contributed by atoms with Crippen LogP contribution in [0.15, 0.2) is 77.0 Å². The van der Waals surface area contributed by atoms with E-state index < -0.39 is 16.1 Å². The molecule has 4 aromatic rings. The molecular formula is C33H39N3O4S2. The normalized spacial score (nSPS) is 15.8. The van der Waals surface area contributed by atoms with Crippen molar-refractivity contribution in [2.45, 2.75) is 62.9 Å². The third-order valence-electron chi connectivity index (χ3n) is 7.48. The molecule has 222 valence electrons. The Morgan fingerprint density at radius 2 is 1.86 bits per heavy atom. The van der Waals surface area contributed by atoms with E-state index in [9.17, 15) is 13.2 Å². The minimum Gasteiger partial charge on any atom is -0.493 e. The number of benzene rings is 3. The standard InChI is InChI=1S/C33H39N3O4S2/c1-22(2)13-15-34-21-24-10-11-27-28(14-16-40-30(27)18-24)35-32(37)20-29(25-7-5-4-6-8-25)36-42(38,39)33-19-26-17-23(3)9-12-31(26)41-33/h4-12,17-19,22,28-29,34,36H,13-16,20-21H2,1-3H3,(H,35,37). The largest absolute Gasteiger partial charge is 0.493 e. The third kappa shape index (κ3) is 7.58. The van der Waals surface area contributed by atoms with Crippen LogP contribution in [0.3, 0.4) is 0 Å². The number of ether oxygens (including phenoxy) is 1. The second-order valence-electron chi connectivity index (χ2n) is 11.4. The molecule has 2 atom stereocenters. The lowest BCUT2D eigenvalue weighted by Crippen LogP contribution is -2.36. The molecule has 2 heterocycles. The summed E-state index contributed by atoms with van der Waals surface area (Å²) in [6.45, 7) is 8.64. The van der Waals surface area contributed by atoms with Crippen molar-refractivity contribution in [3.63, 3.8) is 0 Å². The number of carbonyl (C=O) groups is 1. The predicted octanol–water partition coefficient (Wildman–Crippen LogP) is 6.40. The van der Waals surface area contributed by atoms with Crippen LogP contribution in [0.1, 0.15) is 67.4 Å². The lowest BCUT2D eigenvalue weighted by atomic mass is 9.98. The van der Waals surface area contributed by atoms with Gasteiger partial charge in [0, 0.05) is 29.6 Å². The van der Waals surface area contributed by atoms with Crippen LogP contribution >= 0.6 is 11.3 Å². The van der Waals surface area contributed by atoms with Gasteiger partial charge < -0.3 is 15.4 Å². The number of amides is 1. The lowest BCUT2D eigenvalue weighted by Gasteiger charge is -2.28. The second-order valence-corrected chi connectivity index (χ2v) is 14.4. The van der Waals surface area contributed by atoms with Crippen LogP contribution in [0.5, 0.6) is 5.75 Å². The Kier molecular flexibility index (Phi) is 9.63. The zero-order chi connectivity index (χ0) is 29.7. The van der Waals surface area contributed by atoms with E-state index in [4.69, 9.17) is 4.74 Å². The van der Waals surface area contributed by atoms with Crippen LogP contribution in [0.4, 0.5) is 0 Å². The van der Waals surface area contributed by atoms with E-state index in [0.717, 1.165) is 57.6 Å². The van der Waals surface area contributed by atoms with E-state index in [1.165, 1.54) is 11.3 Å². The molecular weight excluding hydrogens is 567 g/mol. The monoisotopic (exact) mass is 605 g/mol. The fraction of sp³-hybridized carbons (Fsp3) is 0.364. The first-order valence-electron chi connectivity index (χ1n) is 14.5. The van der Waals surface area contributed by atoms with E-state index >= 15 is 0 Å². The van der Waals surface area contributed by atoms with E-state index in [1.807, 2.05) is 67.6 Å². The van der Waals surface area contributed by atoms with Crippen LogP contribution in [-0.4, -0.2) is 27.5 Å². The van der Waals surface area contributed by atoms with Crippen molar-refractivity contribution in [2.24, 2.45) is 5.92 Å². The zero-order valence-electron chi connectivity index (χ0n) is 24.4. The average Bonchev–Trinajstić information content (AvgIpc) is 3.40. The third-order valence-corrected chi connectivity index (χ3v) is 10.5. The lowest BCUT2D eigenvalue weighted by molar-refractivity contribution is -0.122. The molecule has 0 saturated heterocycles. The summed E-state index contributed by atoms with van der Waals surface area (Å²) in [5.74, 6) is 1.22. The molecule has 0 aliphatic carbocycles. The van der Waals surface area contributed by atoms with Crippen molar-refractivity contribution >= 4 is 37.4 Å². The van der Waals surface area contributed by atoms with Crippen LogP contribution < -0.4 is 20.1 Å². The van der Waals surface area contributed by atoms with Gasteiger partial charge in [-0.25, -0.2) is 13.1 Å². The molecule has 7 nitrogen and oxygen atoms in total. The molecule has 0 spiro atoms. The van der Waals surface area contributed by atoms with Crippen LogP contribution in [-0.2, 0) is 21.4 Å². The van der Waals surface area contributed by atoms with E-state index in [1.54, 1.807) is 6.07 Å². The molecule has 0 saturated carbocycles. The molecule has 3 N–H and O–H groups in total. The Morgan fingerprint density at radius 3 is 2.64 bits per heavy atom. The molecule has 1 aliphatic heterocycles. The molecule has 1 amide bonds. The molecule has 5 rings (SSSR count). The van der Waals surface area contributed by atoms with Gasteiger partial charge in [0.05, 0.1) is 18.7 Å². The SMILES string of the molecule is Cc1ccc2sc(S(=O)(=O)NC(CC(=O)NC3CCOc4cc(CNCCC(C)C)ccc43)c3ccccc3)cc2c1. The maximum absolute atomic E-state index is 13.5. The second kappa shape index (κ2) is 13.4. The average molecular weight is 606 g/mol. The van der Waals surface area contributed by atoms with Gasteiger partial charge in [0.1, 0.15) is 9.96 Å². The Labute approximate surface area is 252 Å². The fourth-order valence-corrected chi connectivity index (χ4v) is 7.80. The van der Waals surface area contributed by atoms with Crippen LogP contribution in [0.25, 0.3) is 10.1 Å². The molecule has 3 aromatic carbocycles. The molecule has 42 heavy (non-hydrogen) atoms. The smallest absolute Gasteiger partial charge is 0.250 e. The van der Waals surface area contributed by atoms with Crippen molar-refractivity contribution in [3.05, 3.63) is 95.1 Å². The highest BCUT2D eigenvalue weighted by molar-refractivity contribution is 7.91. The topological polar surface area (TPSA) is 96.5 Å². The molecule has 1 aliphatic rings. The highest BCUT2D eigenvalue weighted by Gasteiger charge is 2.28. The minimum atomic E-state index is -3.87. The summed E-state index contributed by atoms with van der Waals surface area (Å²) in [5, 5.41) is 7.52. The fourth-order valence-electron chi connectivity index (χ4n) is 5.19. The molecule has 2 unspecified atom stereocenters. The van der Waals surface area contributed by atoms with Crippen molar-refractivity contribution in [1.29, 1.82) is 0 Å². The van der Waals surface area contributed by atoms with Gasteiger partial charge in [-0.1, -0.05) is 74.0 Å². The van der Waals surface area contributed by atoms with E-state index in [0.29, 0.717) is 18.9 Å². The van der Waals surface area contributed by atoms with Crippen molar-refractivity contribution in [1.82, 2.24) is 15.4 Å². The highest BCUT2D eigenvalue weighted by Crippen LogP contribution is 2.34. The molecule has 0 bridgehead atoms. The van der Waals surface area contributed by atoms with Crippen LogP contribution in [0, 0.1) is 12.8 Å². The number of rotatable bonds is 12. The number of nitrogens with one attached hydrogen (secondary N) is 3. The predicted molar refractivity (Wildman–Crippen MR) is 169 cm³/mol. The van der Waals surface area contributed by atoms with Gasteiger partial charge in [-0.15, -0.1) is 11.3 Å². The summed E-state index contributed by atoms with van der Waals surface area (Å²) in [6.07, 6.45) is 1.74. The Hall–Kier alpha value is -3.24. The Bertz CT molecular complexity index is 1630. The maximum atomic E-state index is 13.5. The van der Waals surface area contributed by atoms with E-state index in [2.05, 4.69) is 35.3 Å². The summed E-state index contributed by atoms with van der Waals surface area (Å²) in [6, 6.07) is 22.1. The molecule has 0 radical (unpaired) electrons. The number of thiophene rings is 1. The van der Waals surface area contributed by atoms with Crippen LogP contribution in [0.2, 0.25) is 0 Å². The number of aryl methyl sites for hydroxylation is 1. The summed E-state index contributed by atoms with van der Waals surface area (Å²) in [4.78, 5) is 13.4. The number of sulfonamides is 1.